The van der Waals surface area contributed by atoms with E-state index in [2.05, 4.69) is 5.32 Å². The smallest absolute Gasteiger partial charge is 0.406 e. The molecule has 0 atom stereocenters. The number of hydrogen-bond donors (Lipinski definition) is 1. The molecular weight excluding hydrogens is 602 g/mol. The molecule has 1 N–H and O–H groups in total. The predicted molar refractivity (Wildman–Crippen MR) is 162 cm³/mol. The van der Waals surface area contributed by atoms with E-state index in [4.69, 9.17) is 66.3 Å². The van der Waals surface area contributed by atoms with Crippen molar-refractivity contribution in [2.75, 3.05) is 186 Å². The molecule has 270 valence electrons. The molecule has 0 saturated heterocycles. The van der Waals surface area contributed by atoms with Crippen LogP contribution in [-0.2, 0) is 66.3 Å². The molecule has 0 spiro atoms. The molecule has 0 heterocycles. The lowest BCUT2D eigenvalue weighted by atomic mass is 10.6. The third-order valence-corrected chi connectivity index (χ3v) is 5.19. The number of nitrogens with one attached hydrogen (secondary N) is 1. The summed E-state index contributed by atoms with van der Waals surface area (Å²) in [4.78, 5) is 10.8. The maximum Gasteiger partial charge on any atom is 0.406 e. The van der Waals surface area contributed by atoms with Crippen molar-refractivity contribution in [3.05, 3.63) is 0 Å². The number of carbonyl (C=O) groups excluding carboxylic acids is 1. The second-order valence-electron chi connectivity index (χ2n) is 8.73. The minimum atomic E-state index is -0.474. The molecule has 0 aliphatic carbocycles. The van der Waals surface area contributed by atoms with E-state index >= 15 is 0 Å². The van der Waals surface area contributed by atoms with Crippen LogP contribution in [0, 0.1) is 0 Å². The third-order valence-electron chi connectivity index (χ3n) is 5.19. The Hall–Kier alpha value is -1.25. The van der Waals surface area contributed by atoms with Gasteiger partial charge in [0, 0.05) is 14.2 Å². The number of carbonyl (C=O) groups is 1. The average Bonchev–Trinajstić information content (AvgIpc) is 3.05. The van der Waals surface area contributed by atoms with Gasteiger partial charge in [-0.05, 0) is 0 Å². The highest BCUT2D eigenvalue weighted by Crippen LogP contribution is 1.88. The van der Waals surface area contributed by atoms with Crippen molar-refractivity contribution in [1.29, 1.82) is 0 Å². The molecule has 16 nitrogen and oxygen atoms in total. The lowest BCUT2D eigenvalue weighted by Crippen LogP contribution is -2.21. The fourth-order valence-corrected chi connectivity index (χ4v) is 2.93. The van der Waals surface area contributed by atoms with Gasteiger partial charge >= 0.3 is 6.09 Å². The van der Waals surface area contributed by atoms with Gasteiger partial charge in [0.15, 0.2) is 0 Å². The molecule has 0 rings (SSSR count). The Labute approximate surface area is 268 Å². The van der Waals surface area contributed by atoms with E-state index in [9.17, 15) is 4.79 Å². The summed E-state index contributed by atoms with van der Waals surface area (Å²) in [7, 11) is 3.14. The highest BCUT2D eigenvalue weighted by molar-refractivity contribution is 5.66. The van der Waals surface area contributed by atoms with Crippen LogP contribution in [0.4, 0.5) is 4.79 Å². The number of methoxy groups -OCH3 is 1. The second-order valence-corrected chi connectivity index (χ2v) is 8.73. The van der Waals surface area contributed by atoms with Gasteiger partial charge in [0.25, 0.3) is 0 Å². The number of rotatable bonds is 39. The summed E-state index contributed by atoms with van der Waals surface area (Å²) in [6.45, 7) is 12.7. The maximum absolute atomic E-state index is 10.8. The van der Waals surface area contributed by atoms with Crippen LogP contribution in [0.2, 0.25) is 0 Å². The zero-order valence-electron chi connectivity index (χ0n) is 27.5. The third kappa shape index (κ3) is 40.7. The standard InChI is InChI=1S/C29H59NO15/c1-30-29(31)45-28-27-44-26-25-43-24-23-42-22-21-41-20-19-40-18-17-39-16-15-38-14-13-37-12-11-36-10-9-35-8-7-34-6-5-33-4-3-32-2/h3-28H2,1-2H3,(H,30,31). The summed E-state index contributed by atoms with van der Waals surface area (Å²) in [6, 6.07) is 0. The van der Waals surface area contributed by atoms with Crippen molar-refractivity contribution < 1.29 is 71.1 Å². The van der Waals surface area contributed by atoms with Gasteiger partial charge in [0.2, 0.25) is 0 Å². The van der Waals surface area contributed by atoms with Gasteiger partial charge in [-0.2, -0.15) is 0 Å². The van der Waals surface area contributed by atoms with E-state index in [-0.39, 0.29) is 6.61 Å². The van der Waals surface area contributed by atoms with E-state index in [0.717, 1.165) is 0 Å². The van der Waals surface area contributed by atoms with Gasteiger partial charge in [-0.25, -0.2) is 4.79 Å². The first-order chi connectivity index (χ1) is 22.3. The number of ether oxygens (including phenoxy) is 14. The largest absolute Gasteiger partial charge is 0.447 e. The van der Waals surface area contributed by atoms with Crippen molar-refractivity contribution in [1.82, 2.24) is 5.32 Å². The summed E-state index contributed by atoms with van der Waals surface area (Å²) < 4.78 is 74.6. The van der Waals surface area contributed by atoms with E-state index in [1.165, 1.54) is 7.05 Å². The fraction of sp³-hybridized carbons (Fsp3) is 0.966. The minimum Gasteiger partial charge on any atom is -0.447 e. The first-order valence-electron chi connectivity index (χ1n) is 15.6. The topological polar surface area (TPSA) is 158 Å². The lowest BCUT2D eigenvalue weighted by Gasteiger charge is -2.09. The number of amides is 1. The van der Waals surface area contributed by atoms with E-state index < -0.39 is 6.09 Å². The summed E-state index contributed by atoms with van der Waals surface area (Å²) in [6.07, 6.45) is -0.474. The Kier molecular flexibility index (Phi) is 39.6. The van der Waals surface area contributed by atoms with Crippen LogP contribution in [0.25, 0.3) is 0 Å². The molecule has 0 aromatic rings. The van der Waals surface area contributed by atoms with Crippen LogP contribution < -0.4 is 5.32 Å². The van der Waals surface area contributed by atoms with Crippen LogP contribution in [0.3, 0.4) is 0 Å². The fourth-order valence-electron chi connectivity index (χ4n) is 2.93. The van der Waals surface area contributed by atoms with Gasteiger partial charge in [0.1, 0.15) is 6.61 Å². The Morgan fingerprint density at radius 3 is 0.689 bits per heavy atom. The molecular formula is C29H59NO15. The van der Waals surface area contributed by atoms with Crippen molar-refractivity contribution in [2.24, 2.45) is 0 Å². The molecule has 45 heavy (non-hydrogen) atoms. The summed E-state index contributed by atoms with van der Waals surface area (Å²) >= 11 is 0. The molecule has 0 fully saturated rings. The normalized spacial score (nSPS) is 11.3. The average molecular weight is 662 g/mol. The van der Waals surface area contributed by atoms with Crippen LogP contribution in [0.1, 0.15) is 0 Å². The minimum absolute atomic E-state index is 0.206. The summed E-state index contributed by atoms with van der Waals surface area (Å²) in [5.74, 6) is 0. The molecule has 0 aromatic heterocycles. The van der Waals surface area contributed by atoms with Crippen LogP contribution in [0.15, 0.2) is 0 Å². The van der Waals surface area contributed by atoms with Crippen molar-refractivity contribution in [3.8, 4) is 0 Å². The molecule has 16 heteroatoms. The highest BCUT2D eigenvalue weighted by Gasteiger charge is 1.98. The lowest BCUT2D eigenvalue weighted by molar-refractivity contribution is -0.0290. The van der Waals surface area contributed by atoms with Crippen LogP contribution in [-0.4, -0.2) is 192 Å². The first-order valence-corrected chi connectivity index (χ1v) is 15.6. The number of alkyl carbamates (subject to hydrolysis) is 1. The van der Waals surface area contributed by atoms with Crippen molar-refractivity contribution in [2.45, 2.75) is 0 Å². The molecule has 0 unspecified atom stereocenters. The van der Waals surface area contributed by atoms with Gasteiger partial charge < -0.3 is 71.6 Å². The zero-order chi connectivity index (χ0) is 32.6. The van der Waals surface area contributed by atoms with Gasteiger partial charge in [-0.3, -0.25) is 0 Å². The SMILES string of the molecule is CNC(=O)OCCOCCOCCOCCOCCOCCOCCOCCOCCOCCOCCOCCOCCOC. The second kappa shape index (κ2) is 40.8. The monoisotopic (exact) mass is 661 g/mol. The van der Waals surface area contributed by atoms with E-state index in [0.29, 0.717) is 165 Å². The van der Waals surface area contributed by atoms with Gasteiger partial charge in [0.05, 0.1) is 165 Å². The molecule has 0 bridgehead atoms. The van der Waals surface area contributed by atoms with Gasteiger partial charge in [-0.1, -0.05) is 0 Å². The van der Waals surface area contributed by atoms with Crippen molar-refractivity contribution >= 4 is 6.09 Å². The molecule has 0 radical (unpaired) electrons. The van der Waals surface area contributed by atoms with Crippen LogP contribution in [0.5, 0.6) is 0 Å². The Bertz CT molecular complexity index is 566. The zero-order valence-corrected chi connectivity index (χ0v) is 27.5. The summed E-state index contributed by atoms with van der Waals surface area (Å²) in [5, 5.41) is 2.35. The Balaban J connectivity index is 3.05. The highest BCUT2D eigenvalue weighted by atomic mass is 16.6. The quantitative estimate of drug-likeness (QED) is 0.0890. The molecule has 0 saturated carbocycles. The van der Waals surface area contributed by atoms with Gasteiger partial charge in [-0.15, -0.1) is 0 Å². The maximum atomic E-state index is 10.8. The first kappa shape index (κ1) is 43.8. The van der Waals surface area contributed by atoms with E-state index in [1.807, 2.05) is 0 Å². The molecule has 1 amide bonds. The summed E-state index contributed by atoms with van der Waals surface area (Å²) in [5.41, 5.74) is 0. The van der Waals surface area contributed by atoms with E-state index in [1.54, 1.807) is 7.11 Å². The Morgan fingerprint density at radius 2 is 0.511 bits per heavy atom. The Morgan fingerprint density at radius 1 is 0.333 bits per heavy atom. The van der Waals surface area contributed by atoms with Crippen LogP contribution >= 0.6 is 0 Å². The molecule has 0 aromatic carbocycles. The molecule has 0 aliphatic rings. The molecule has 0 aliphatic heterocycles. The number of hydrogen-bond acceptors (Lipinski definition) is 15. The van der Waals surface area contributed by atoms with Crippen molar-refractivity contribution in [3.63, 3.8) is 0 Å². The predicted octanol–water partition coefficient (Wildman–Crippen LogP) is 0.188.